The van der Waals surface area contributed by atoms with Crippen molar-refractivity contribution in [3.63, 3.8) is 0 Å². The van der Waals surface area contributed by atoms with Gasteiger partial charge in [0.2, 0.25) is 0 Å². The first-order valence-corrected chi connectivity index (χ1v) is 7.95. The summed E-state index contributed by atoms with van der Waals surface area (Å²) in [5, 5.41) is 7.16. The van der Waals surface area contributed by atoms with Gasteiger partial charge in [-0.1, -0.05) is 0 Å². The zero-order valence-electron chi connectivity index (χ0n) is 11.2. The minimum absolute atomic E-state index is 0.103. The average molecular weight is 304 g/mol. The summed E-state index contributed by atoms with van der Waals surface area (Å²) in [5.41, 5.74) is 1.14. The van der Waals surface area contributed by atoms with Gasteiger partial charge in [0.25, 0.3) is 0 Å². The van der Waals surface area contributed by atoms with E-state index in [2.05, 4.69) is 5.32 Å². The third kappa shape index (κ3) is 3.18. The minimum atomic E-state index is -4.12. The van der Waals surface area contributed by atoms with Crippen LogP contribution in [0.1, 0.15) is 24.8 Å². The predicted octanol–water partition coefficient (Wildman–Crippen LogP) is 3.25. The van der Waals surface area contributed by atoms with Crippen LogP contribution in [0.15, 0.2) is 16.8 Å². The average Bonchev–Trinajstić information content (AvgIpc) is 2.83. The first kappa shape index (κ1) is 14.4. The number of nitrogens with zero attached hydrogens (tertiary/aromatic N) is 1. The van der Waals surface area contributed by atoms with Crippen LogP contribution in [0, 0.1) is 5.41 Å². The first-order chi connectivity index (χ1) is 9.49. The van der Waals surface area contributed by atoms with Crippen molar-refractivity contribution in [1.29, 1.82) is 0 Å². The standard InChI is InChI=1S/C14H19F3N2S/c15-14(16,17)10-19(8-11-1-6-20-9-11)12-7-13(12)2-4-18-5-3-13/h1,6,9,12,18H,2-5,7-8,10H2/t12-/m1/s1. The van der Waals surface area contributed by atoms with E-state index in [1.165, 1.54) is 0 Å². The van der Waals surface area contributed by atoms with Gasteiger partial charge in [-0.15, -0.1) is 0 Å². The van der Waals surface area contributed by atoms with E-state index in [0.717, 1.165) is 37.9 Å². The van der Waals surface area contributed by atoms with Gasteiger partial charge in [-0.25, -0.2) is 0 Å². The third-order valence-corrected chi connectivity index (χ3v) is 5.27. The van der Waals surface area contributed by atoms with Crippen LogP contribution in [0.2, 0.25) is 0 Å². The van der Waals surface area contributed by atoms with Crippen molar-refractivity contribution in [3.05, 3.63) is 22.4 Å². The van der Waals surface area contributed by atoms with Crippen LogP contribution in [-0.4, -0.2) is 36.8 Å². The molecule has 2 heterocycles. The quantitative estimate of drug-likeness (QED) is 0.918. The second-order valence-electron chi connectivity index (χ2n) is 5.98. The molecule has 0 aromatic carbocycles. The van der Waals surface area contributed by atoms with E-state index in [9.17, 15) is 13.2 Å². The smallest absolute Gasteiger partial charge is 0.317 e. The zero-order chi connectivity index (χ0) is 14.2. The van der Waals surface area contributed by atoms with Crippen molar-refractivity contribution in [2.75, 3.05) is 19.6 Å². The number of hydrogen-bond donors (Lipinski definition) is 1. The molecule has 20 heavy (non-hydrogen) atoms. The molecule has 1 saturated carbocycles. The predicted molar refractivity (Wildman–Crippen MR) is 73.7 cm³/mol. The molecule has 1 spiro atoms. The Morgan fingerprint density at radius 1 is 1.35 bits per heavy atom. The zero-order valence-corrected chi connectivity index (χ0v) is 12.1. The Morgan fingerprint density at radius 3 is 2.70 bits per heavy atom. The van der Waals surface area contributed by atoms with Crippen molar-refractivity contribution in [1.82, 2.24) is 10.2 Å². The Labute approximate surface area is 121 Å². The van der Waals surface area contributed by atoms with E-state index >= 15 is 0 Å². The summed E-state index contributed by atoms with van der Waals surface area (Å²) in [5.74, 6) is 0. The summed E-state index contributed by atoms with van der Waals surface area (Å²) in [4.78, 5) is 1.65. The van der Waals surface area contributed by atoms with Crippen LogP contribution in [0.4, 0.5) is 13.2 Å². The number of piperidine rings is 1. The second-order valence-corrected chi connectivity index (χ2v) is 6.76. The van der Waals surface area contributed by atoms with Gasteiger partial charge in [0, 0.05) is 12.6 Å². The molecule has 2 fully saturated rings. The van der Waals surface area contributed by atoms with E-state index in [4.69, 9.17) is 0 Å². The van der Waals surface area contributed by atoms with E-state index in [0.29, 0.717) is 6.54 Å². The van der Waals surface area contributed by atoms with E-state index in [1.807, 2.05) is 16.8 Å². The Hall–Kier alpha value is -0.590. The largest absolute Gasteiger partial charge is 0.401 e. The number of rotatable bonds is 4. The van der Waals surface area contributed by atoms with Gasteiger partial charge in [-0.3, -0.25) is 4.90 Å². The summed E-state index contributed by atoms with van der Waals surface area (Å²) in [6, 6.07) is 2.03. The first-order valence-electron chi connectivity index (χ1n) is 7.01. The van der Waals surface area contributed by atoms with Crippen LogP contribution in [-0.2, 0) is 6.54 Å². The highest BCUT2D eigenvalue weighted by Crippen LogP contribution is 2.56. The third-order valence-electron chi connectivity index (χ3n) is 4.53. The lowest BCUT2D eigenvalue weighted by molar-refractivity contribution is -0.149. The molecule has 3 rings (SSSR count). The molecule has 1 aromatic rings. The van der Waals surface area contributed by atoms with Gasteiger partial charge >= 0.3 is 6.18 Å². The van der Waals surface area contributed by atoms with Crippen molar-refractivity contribution in [2.24, 2.45) is 5.41 Å². The number of alkyl halides is 3. The molecule has 0 amide bonds. The summed E-state index contributed by atoms with van der Waals surface area (Å²) >= 11 is 1.54. The van der Waals surface area contributed by atoms with Crippen LogP contribution in [0.5, 0.6) is 0 Å². The topological polar surface area (TPSA) is 15.3 Å². The van der Waals surface area contributed by atoms with Crippen molar-refractivity contribution in [2.45, 2.75) is 38.0 Å². The fourth-order valence-electron chi connectivity index (χ4n) is 3.43. The summed E-state index contributed by atoms with van der Waals surface area (Å²) in [6.45, 7) is 1.51. The summed E-state index contributed by atoms with van der Waals surface area (Å²) in [7, 11) is 0. The van der Waals surface area contributed by atoms with E-state index in [-0.39, 0.29) is 11.5 Å². The molecule has 1 aliphatic carbocycles. The van der Waals surface area contributed by atoms with Gasteiger partial charge in [-0.05, 0) is 60.2 Å². The molecule has 0 unspecified atom stereocenters. The molecule has 112 valence electrons. The molecule has 1 aromatic heterocycles. The van der Waals surface area contributed by atoms with Crippen molar-refractivity contribution >= 4 is 11.3 Å². The van der Waals surface area contributed by atoms with Crippen LogP contribution < -0.4 is 5.32 Å². The van der Waals surface area contributed by atoms with Gasteiger partial charge in [0.1, 0.15) is 0 Å². The van der Waals surface area contributed by atoms with Crippen LogP contribution >= 0.6 is 11.3 Å². The summed E-state index contributed by atoms with van der Waals surface area (Å²) in [6.07, 6.45) is -1.17. The minimum Gasteiger partial charge on any atom is -0.317 e. The van der Waals surface area contributed by atoms with E-state index in [1.54, 1.807) is 16.2 Å². The Bertz CT molecular complexity index is 438. The lowest BCUT2D eigenvalue weighted by atomic mass is 9.93. The number of thiophene rings is 1. The molecule has 2 aliphatic rings. The molecule has 2 nitrogen and oxygen atoms in total. The molecule has 1 aliphatic heterocycles. The second kappa shape index (κ2) is 5.31. The fraction of sp³-hybridized carbons (Fsp3) is 0.714. The Morgan fingerprint density at radius 2 is 2.10 bits per heavy atom. The van der Waals surface area contributed by atoms with Gasteiger partial charge in [0.05, 0.1) is 6.54 Å². The summed E-state index contributed by atoms with van der Waals surface area (Å²) < 4.78 is 38.5. The van der Waals surface area contributed by atoms with Crippen LogP contribution in [0.3, 0.4) is 0 Å². The highest BCUT2D eigenvalue weighted by molar-refractivity contribution is 7.07. The molecular weight excluding hydrogens is 285 g/mol. The monoisotopic (exact) mass is 304 g/mol. The van der Waals surface area contributed by atoms with E-state index < -0.39 is 12.7 Å². The van der Waals surface area contributed by atoms with Gasteiger partial charge < -0.3 is 5.32 Å². The molecule has 1 saturated heterocycles. The molecule has 6 heteroatoms. The lowest BCUT2D eigenvalue weighted by Crippen LogP contribution is -2.40. The number of halogens is 3. The maximum atomic E-state index is 12.8. The van der Waals surface area contributed by atoms with Crippen molar-refractivity contribution in [3.8, 4) is 0 Å². The maximum Gasteiger partial charge on any atom is 0.401 e. The maximum absolute atomic E-state index is 12.8. The van der Waals surface area contributed by atoms with Crippen LogP contribution in [0.25, 0.3) is 0 Å². The van der Waals surface area contributed by atoms with Crippen molar-refractivity contribution < 1.29 is 13.2 Å². The number of hydrogen-bond acceptors (Lipinski definition) is 3. The Kier molecular flexibility index (Phi) is 3.81. The number of nitrogens with one attached hydrogen (secondary N) is 1. The molecular formula is C14H19F3N2S. The molecule has 1 atom stereocenters. The Balaban J connectivity index is 1.69. The fourth-order valence-corrected chi connectivity index (χ4v) is 4.09. The molecule has 1 N–H and O–H groups in total. The lowest BCUT2D eigenvalue weighted by Gasteiger charge is -2.30. The normalized spacial score (nSPS) is 25.3. The highest BCUT2D eigenvalue weighted by atomic mass is 32.1. The highest BCUT2D eigenvalue weighted by Gasteiger charge is 2.57. The van der Waals surface area contributed by atoms with Gasteiger partial charge in [0.15, 0.2) is 0 Å². The SMILES string of the molecule is FC(F)(F)CN(Cc1ccsc1)[C@@H]1CC12CCNCC2. The molecule has 0 radical (unpaired) electrons. The van der Waals surface area contributed by atoms with Gasteiger partial charge in [-0.2, -0.15) is 24.5 Å². The molecule has 0 bridgehead atoms.